The number of hydrogen-bond donors (Lipinski definition) is 1. The summed E-state index contributed by atoms with van der Waals surface area (Å²) in [5, 5.41) is 2.42. The van der Waals surface area contributed by atoms with Gasteiger partial charge in [0.25, 0.3) is 5.91 Å². The number of carbonyl (C=O) groups excluding carboxylic acids is 2. The van der Waals surface area contributed by atoms with Crippen LogP contribution in [-0.4, -0.2) is 43.1 Å². The van der Waals surface area contributed by atoms with Crippen LogP contribution in [0.15, 0.2) is 58.3 Å². The molecule has 0 aromatic heterocycles. The molecule has 0 fully saturated rings. The van der Waals surface area contributed by atoms with Crippen molar-refractivity contribution in [3.63, 3.8) is 0 Å². The van der Waals surface area contributed by atoms with Crippen molar-refractivity contribution < 1.29 is 27.0 Å². The van der Waals surface area contributed by atoms with Crippen LogP contribution in [0.5, 0.6) is 0 Å². The number of nitrogens with one attached hydrogen (secondary N) is 1. The Hall–Kier alpha value is -2.52. The fourth-order valence-electron chi connectivity index (χ4n) is 2.28. The van der Waals surface area contributed by atoms with Crippen LogP contribution in [0.4, 0.5) is 5.69 Å². The van der Waals surface area contributed by atoms with Crippen LogP contribution in [0.3, 0.4) is 0 Å². The fraction of sp³-hybridized carbons (Fsp3) is 0.222. The molecule has 7 nitrogen and oxygen atoms in total. The van der Waals surface area contributed by atoms with Gasteiger partial charge in [-0.05, 0) is 24.3 Å². The molecule has 0 heterocycles. The second kappa shape index (κ2) is 8.92. The minimum Gasteiger partial charge on any atom is -0.452 e. The molecule has 1 N–H and O–H groups in total. The van der Waals surface area contributed by atoms with Gasteiger partial charge in [-0.1, -0.05) is 31.2 Å². The molecule has 1 atom stereocenters. The summed E-state index contributed by atoms with van der Waals surface area (Å²) in [5.74, 6) is -1.12. The molecule has 0 saturated heterocycles. The number of anilines is 1. The maximum absolute atomic E-state index is 12.2. The third-order valence-corrected chi connectivity index (χ3v) is 6.04. The lowest BCUT2D eigenvalue weighted by molar-refractivity contribution is -0.119. The summed E-state index contributed by atoms with van der Waals surface area (Å²) in [6, 6.07) is 12.2. The van der Waals surface area contributed by atoms with Crippen molar-refractivity contribution in [1.29, 1.82) is 0 Å². The van der Waals surface area contributed by atoms with E-state index >= 15 is 0 Å². The van der Waals surface area contributed by atoms with E-state index in [-0.39, 0.29) is 16.1 Å². The van der Waals surface area contributed by atoms with Gasteiger partial charge in [0.05, 0.1) is 31.8 Å². The Morgan fingerprint density at radius 3 is 2.37 bits per heavy atom. The largest absolute Gasteiger partial charge is 0.452 e. The maximum atomic E-state index is 12.2. The second-order valence-electron chi connectivity index (χ2n) is 5.52. The van der Waals surface area contributed by atoms with Gasteiger partial charge in [0.15, 0.2) is 16.4 Å². The molecule has 2 aromatic carbocycles. The highest BCUT2D eigenvalue weighted by molar-refractivity contribution is 7.90. The molecule has 0 aliphatic rings. The summed E-state index contributed by atoms with van der Waals surface area (Å²) < 4.78 is 40.5. The van der Waals surface area contributed by atoms with Gasteiger partial charge < -0.3 is 10.1 Å². The first-order valence-electron chi connectivity index (χ1n) is 7.97. The Morgan fingerprint density at radius 1 is 1.07 bits per heavy atom. The number of esters is 1. The number of amides is 1. The molecule has 2 aromatic rings. The lowest BCUT2D eigenvalue weighted by Gasteiger charge is -2.11. The van der Waals surface area contributed by atoms with E-state index in [1.54, 1.807) is 31.2 Å². The highest BCUT2D eigenvalue weighted by Crippen LogP contribution is 2.20. The number of hydrogen-bond acceptors (Lipinski definition) is 6. The summed E-state index contributed by atoms with van der Waals surface area (Å²) in [6.07, 6.45) is 1.03. The average molecular weight is 409 g/mol. The van der Waals surface area contributed by atoms with Crippen molar-refractivity contribution in [2.45, 2.75) is 16.7 Å². The van der Waals surface area contributed by atoms with E-state index in [1.165, 1.54) is 24.3 Å². The number of rotatable bonds is 7. The topological polar surface area (TPSA) is 107 Å². The van der Waals surface area contributed by atoms with Crippen molar-refractivity contribution >= 4 is 38.2 Å². The Labute approximate surface area is 160 Å². The first-order chi connectivity index (χ1) is 12.7. The van der Waals surface area contributed by atoms with E-state index in [9.17, 15) is 22.2 Å². The Morgan fingerprint density at radius 2 is 1.70 bits per heavy atom. The van der Waals surface area contributed by atoms with Gasteiger partial charge >= 0.3 is 5.97 Å². The summed E-state index contributed by atoms with van der Waals surface area (Å²) in [7, 11) is -4.88. The fourth-order valence-corrected chi connectivity index (χ4v) is 4.06. The van der Waals surface area contributed by atoms with Crippen LogP contribution in [-0.2, 0) is 30.2 Å². The highest BCUT2D eigenvalue weighted by Gasteiger charge is 2.18. The Kier molecular flexibility index (Phi) is 6.86. The van der Waals surface area contributed by atoms with Gasteiger partial charge in [0.2, 0.25) is 0 Å². The van der Waals surface area contributed by atoms with E-state index in [4.69, 9.17) is 4.74 Å². The minimum absolute atomic E-state index is 0.0339. The van der Waals surface area contributed by atoms with Gasteiger partial charge in [-0.3, -0.25) is 9.00 Å². The third-order valence-electron chi connectivity index (χ3n) is 3.51. The SMILES string of the molecule is CC[S@@](=O)c1ccccc1C(=O)OCC(=O)Nc1ccccc1S(C)(=O)=O. The predicted molar refractivity (Wildman–Crippen MR) is 102 cm³/mol. The van der Waals surface area contributed by atoms with E-state index in [1.807, 2.05) is 0 Å². The van der Waals surface area contributed by atoms with Gasteiger partial charge in [0, 0.05) is 12.0 Å². The molecule has 0 aliphatic carbocycles. The van der Waals surface area contributed by atoms with Gasteiger partial charge in [-0.2, -0.15) is 0 Å². The zero-order valence-electron chi connectivity index (χ0n) is 14.8. The molecule has 27 heavy (non-hydrogen) atoms. The number of carbonyl (C=O) groups is 2. The number of benzene rings is 2. The summed E-state index contributed by atoms with van der Waals surface area (Å²) in [5.41, 5.74) is 0.232. The molecule has 1 amide bonds. The van der Waals surface area contributed by atoms with Crippen LogP contribution in [0.2, 0.25) is 0 Å². The minimum atomic E-state index is -3.53. The Bertz CT molecular complexity index is 985. The quantitative estimate of drug-likeness (QED) is 0.701. The van der Waals surface area contributed by atoms with Gasteiger partial charge in [-0.25, -0.2) is 13.2 Å². The van der Waals surface area contributed by atoms with Gasteiger partial charge in [-0.15, -0.1) is 0 Å². The number of ether oxygens (including phenoxy) is 1. The van der Waals surface area contributed by atoms with Crippen molar-refractivity contribution in [2.75, 3.05) is 23.9 Å². The van der Waals surface area contributed by atoms with E-state index < -0.39 is 39.1 Å². The van der Waals surface area contributed by atoms with Crippen molar-refractivity contribution in [1.82, 2.24) is 0 Å². The Balaban J connectivity index is 2.08. The molecule has 0 bridgehead atoms. The van der Waals surface area contributed by atoms with Crippen LogP contribution in [0, 0.1) is 0 Å². The van der Waals surface area contributed by atoms with Crippen LogP contribution in [0.25, 0.3) is 0 Å². The smallest absolute Gasteiger partial charge is 0.339 e. The lowest BCUT2D eigenvalue weighted by Crippen LogP contribution is -2.22. The molecule has 0 radical (unpaired) electrons. The lowest BCUT2D eigenvalue weighted by atomic mass is 10.2. The first kappa shape index (κ1) is 20.8. The third kappa shape index (κ3) is 5.48. The molecule has 9 heteroatoms. The molecular weight excluding hydrogens is 390 g/mol. The summed E-state index contributed by atoms with van der Waals surface area (Å²) in [6.45, 7) is 1.12. The van der Waals surface area contributed by atoms with Gasteiger partial charge in [0.1, 0.15) is 0 Å². The van der Waals surface area contributed by atoms with Crippen molar-refractivity contribution in [3.8, 4) is 0 Å². The normalized spacial score (nSPS) is 12.2. The zero-order valence-corrected chi connectivity index (χ0v) is 16.4. The van der Waals surface area contributed by atoms with Crippen LogP contribution < -0.4 is 5.32 Å². The predicted octanol–water partition coefficient (Wildman–Crippen LogP) is 2.01. The van der Waals surface area contributed by atoms with Crippen molar-refractivity contribution in [3.05, 3.63) is 54.1 Å². The van der Waals surface area contributed by atoms with E-state index in [0.717, 1.165) is 6.26 Å². The maximum Gasteiger partial charge on any atom is 0.339 e. The number of para-hydroxylation sites is 1. The number of sulfone groups is 1. The molecule has 0 aliphatic heterocycles. The first-order valence-corrected chi connectivity index (χ1v) is 11.2. The molecule has 144 valence electrons. The zero-order chi connectivity index (χ0) is 20.0. The standard InChI is InChI=1S/C18H19NO6S2/c1-3-26(22)15-10-6-4-8-13(15)18(21)25-12-17(20)19-14-9-5-7-11-16(14)27(2,23)24/h4-11H,3,12H2,1-2H3,(H,19,20)/t26-/m1/s1. The van der Waals surface area contributed by atoms with Crippen LogP contribution >= 0.6 is 0 Å². The molecular formula is C18H19NO6S2. The summed E-state index contributed by atoms with van der Waals surface area (Å²) in [4.78, 5) is 24.6. The average Bonchev–Trinajstić information content (AvgIpc) is 2.65. The molecule has 0 unspecified atom stereocenters. The highest BCUT2D eigenvalue weighted by atomic mass is 32.2. The molecule has 0 saturated carbocycles. The monoisotopic (exact) mass is 409 g/mol. The van der Waals surface area contributed by atoms with E-state index in [2.05, 4.69) is 5.32 Å². The molecule has 0 spiro atoms. The molecule has 2 rings (SSSR count). The van der Waals surface area contributed by atoms with Crippen molar-refractivity contribution in [2.24, 2.45) is 0 Å². The van der Waals surface area contributed by atoms with E-state index in [0.29, 0.717) is 10.6 Å². The summed E-state index contributed by atoms with van der Waals surface area (Å²) >= 11 is 0. The van der Waals surface area contributed by atoms with Crippen LogP contribution in [0.1, 0.15) is 17.3 Å². The second-order valence-corrected chi connectivity index (χ2v) is 9.22.